The number of halogens is 1. The molecule has 2 aromatic heterocycles. The van der Waals surface area contributed by atoms with Gasteiger partial charge in [0.25, 0.3) is 5.89 Å². The molecule has 1 aromatic carbocycles. The summed E-state index contributed by atoms with van der Waals surface area (Å²) in [5, 5.41) is 15.4. The Morgan fingerprint density at radius 3 is 2.84 bits per heavy atom. The lowest BCUT2D eigenvalue weighted by atomic mass is 10.1. The van der Waals surface area contributed by atoms with Crippen molar-refractivity contribution in [1.82, 2.24) is 10.1 Å². The Morgan fingerprint density at radius 2 is 2.16 bits per heavy atom. The lowest BCUT2D eigenvalue weighted by Gasteiger charge is -1.99. The number of hydrogen-bond donors (Lipinski definition) is 1. The summed E-state index contributed by atoms with van der Waals surface area (Å²) in [6, 6.07) is 7.14. The average Bonchev–Trinajstić information content (AvgIpc) is 3.01. The number of rotatable bonds is 2. The first-order valence-electron chi connectivity index (χ1n) is 5.51. The maximum atomic E-state index is 9.51. The predicted octanol–water partition coefficient (Wildman–Crippen LogP) is 4.24. The largest absolute Gasteiger partial charge is 0.508 e. The molecule has 96 valence electrons. The van der Waals surface area contributed by atoms with Crippen molar-refractivity contribution in [2.75, 3.05) is 0 Å². The Labute approximate surface area is 121 Å². The van der Waals surface area contributed by atoms with Gasteiger partial charge < -0.3 is 9.63 Å². The van der Waals surface area contributed by atoms with E-state index in [0.717, 1.165) is 20.5 Å². The van der Waals surface area contributed by atoms with E-state index in [1.807, 2.05) is 24.4 Å². The smallest absolute Gasteiger partial charge is 0.258 e. The summed E-state index contributed by atoms with van der Waals surface area (Å²) < 4.78 is 6.26. The Morgan fingerprint density at radius 1 is 1.32 bits per heavy atom. The molecular weight excluding hydrogens is 328 g/mol. The minimum Gasteiger partial charge on any atom is -0.508 e. The molecule has 3 rings (SSSR count). The maximum Gasteiger partial charge on any atom is 0.258 e. The highest BCUT2D eigenvalue weighted by atomic mass is 79.9. The van der Waals surface area contributed by atoms with Crippen molar-refractivity contribution < 1.29 is 9.63 Å². The first kappa shape index (κ1) is 12.4. The third-order valence-corrected chi connectivity index (χ3v) is 4.34. The summed E-state index contributed by atoms with van der Waals surface area (Å²) in [7, 11) is 0. The molecule has 0 aliphatic rings. The van der Waals surface area contributed by atoms with Crippen LogP contribution in [0.15, 0.2) is 38.6 Å². The zero-order valence-corrected chi connectivity index (χ0v) is 12.3. The quantitative estimate of drug-likeness (QED) is 0.760. The van der Waals surface area contributed by atoms with Crippen LogP contribution in [0.1, 0.15) is 5.56 Å². The fourth-order valence-corrected chi connectivity index (χ4v) is 3.01. The number of phenols is 1. The third-order valence-electron chi connectivity index (χ3n) is 2.66. The highest BCUT2D eigenvalue weighted by Crippen LogP contribution is 2.30. The van der Waals surface area contributed by atoms with Crippen molar-refractivity contribution in [2.24, 2.45) is 0 Å². The van der Waals surface area contributed by atoms with Gasteiger partial charge >= 0.3 is 0 Å². The van der Waals surface area contributed by atoms with E-state index < -0.39 is 0 Å². The molecule has 0 unspecified atom stereocenters. The highest BCUT2D eigenvalue weighted by molar-refractivity contribution is 9.10. The zero-order chi connectivity index (χ0) is 13.4. The van der Waals surface area contributed by atoms with Gasteiger partial charge in [-0.2, -0.15) is 4.98 Å². The molecule has 0 fully saturated rings. The summed E-state index contributed by atoms with van der Waals surface area (Å²) in [5.41, 5.74) is 1.57. The minimum absolute atomic E-state index is 0.255. The molecule has 0 spiro atoms. The normalized spacial score (nSPS) is 10.8. The molecule has 0 atom stereocenters. The number of aromatic hydroxyl groups is 1. The lowest BCUT2D eigenvalue weighted by Crippen LogP contribution is -1.81. The maximum absolute atomic E-state index is 9.51. The fourth-order valence-electron chi connectivity index (χ4n) is 1.66. The molecule has 1 N–H and O–H groups in total. The van der Waals surface area contributed by atoms with Gasteiger partial charge in [0.1, 0.15) is 5.75 Å². The third kappa shape index (κ3) is 2.41. The van der Waals surface area contributed by atoms with Gasteiger partial charge in [-0.25, -0.2) is 0 Å². The van der Waals surface area contributed by atoms with Crippen LogP contribution in [-0.4, -0.2) is 15.2 Å². The predicted molar refractivity (Wildman–Crippen MR) is 77.1 cm³/mol. The second-order valence-corrected chi connectivity index (χ2v) is 5.88. The molecule has 0 saturated carbocycles. The molecule has 0 bridgehead atoms. The second kappa shape index (κ2) is 4.79. The van der Waals surface area contributed by atoms with Gasteiger partial charge in [-0.3, -0.25) is 0 Å². The number of aromatic nitrogens is 2. The van der Waals surface area contributed by atoms with Gasteiger partial charge in [0.2, 0.25) is 5.82 Å². The van der Waals surface area contributed by atoms with E-state index in [0.29, 0.717) is 11.7 Å². The van der Waals surface area contributed by atoms with E-state index >= 15 is 0 Å². The molecule has 19 heavy (non-hydrogen) atoms. The van der Waals surface area contributed by atoms with Crippen molar-refractivity contribution in [3.63, 3.8) is 0 Å². The van der Waals surface area contributed by atoms with Crippen molar-refractivity contribution in [2.45, 2.75) is 6.92 Å². The van der Waals surface area contributed by atoms with Crippen LogP contribution < -0.4 is 0 Å². The Hall–Kier alpha value is -1.66. The van der Waals surface area contributed by atoms with Gasteiger partial charge in [0, 0.05) is 15.4 Å². The van der Waals surface area contributed by atoms with Gasteiger partial charge in [0.05, 0.1) is 4.88 Å². The molecule has 6 heteroatoms. The second-order valence-electron chi connectivity index (χ2n) is 4.05. The SMILES string of the molecule is Cc1cc(-c2nc(-c3cc(Br)cs3)no2)ccc1O. The van der Waals surface area contributed by atoms with Crippen LogP contribution in [0.4, 0.5) is 0 Å². The topological polar surface area (TPSA) is 59.2 Å². The molecule has 0 radical (unpaired) electrons. The molecule has 0 aliphatic heterocycles. The average molecular weight is 337 g/mol. The summed E-state index contributed by atoms with van der Waals surface area (Å²) in [4.78, 5) is 5.31. The monoisotopic (exact) mass is 336 g/mol. The first-order chi connectivity index (χ1) is 9.13. The van der Waals surface area contributed by atoms with Crippen LogP contribution in [0.3, 0.4) is 0 Å². The molecule has 3 aromatic rings. The van der Waals surface area contributed by atoms with Crippen molar-refractivity contribution >= 4 is 27.3 Å². The Balaban J connectivity index is 1.98. The summed E-state index contributed by atoms with van der Waals surface area (Å²) in [6.07, 6.45) is 0. The van der Waals surface area contributed by atoms with Crippen LogP contribution in [0.2, 0.25) is 0 Å². The summed E-state index contributed by atoms with van der Waals surface area (Å²) >= 11 is 4.94. The van der Waals surface area contributed by atoms with E-state index in [1.54, 1.807) is 23.5 Å². The van der Waals surface area contributed by atoms with E-state index in [-0.39, 0.29) is 5.75 Å². The number of thiophene rings is 1. The van der Waals surface area contributed by atoms with E-state index in [9.17, 15) is 5.11 Å². The number of phenolic OH excluding ortho intramolecular Hbond substituents is 1. The van der Waals surface area contributed by atoms with Gasteiger partial charge in [-0.15, -0.1) is 11.3 Å². The van der Waals surface area contributed by atoms with E-state index in [1.165, 1.54) is 0 Å². The van der Waals surface area contributed by atoms with Crippen molar-refractivity contribution in [1.29, 1.82) is 0 Å². The van der Waals surface area contributed by atoms with Crippen molar-refractivity contribution in [3.8, 4) is 27.9 Å². The van der Waals surface area contributed by atoms with Crippen LogP contribution in [-0.2, 0) is 0 Å². The van der Waals surface area contributed by atoms with Crippen LogP contribution in [0.25, 0.3) is 22.2 Å². The first-order valence-corrected chi connectivity index (χ1v) is 7.19. The minimum atomic E-state index is 0.255. The van der Waals surface area contributed by atoms with Crippen molar-refractivity contribution in [3.05, 3.63) is 39.7 Å². The lowest BCUT2D eigenvalue weighted by molar-refractivity contribution is 0.432. The molecule has 0 saturated heterocycles. The zero-order valence-electron chi connectivity index (χ0n) is 9.92. The van der Waals surface area contributed by atoms with Gasteiger partial charge in [0.15, 0.2) is 0 Å². The number of aryl methyl sites for hydroxylation is 1. The van der Waals surface area contributed by atoms with E-state index in [2.05, 4.69) is 26.1 Å². The van der Waals surface area contributed by atoms with Gasteiger partial charge in [-0.05, 0) is 52.7 Å². The number of hydrogen-bond acceptors (Lipinski definition) is 5. The fraction of sp³-hybridized carbons (Fsp3) is 0.0769. The Bertz CT molecular complexity index is 736. The number of nitrogens with zero attached hydrogens (tertiary/aromatic N) is 2. The van der Waals surface area contributed by atoms with Crippen LogP contribution >= 0.6 is 27.3 Å². The van der Waals surface area contributed by atoms with Gasteiger partial charge in [-0.1, -0.05) is 5.16 Å². The molecular formula is C13H9BrN2O2S. The molecule has 4 nitrogen and oxygen atoms in total. The van der Waals surface area contributed by atoms with Crippen LogP contribution in [0.5, 0.6) is 5.75 Å². The van der Waals surface area contributed by atoms with E-state index in [4.69, 9.17) is 4.52 Å². The molecule has 0 amide bonds. The highest BCUT2D eigenvalue weighted by Gasteiger charge is 2.12. The summed E-state index contributed by atoms with van der Waals surface area (Å²) in [5.74, 6) is 1.27. The van der Waals surface area contributed by atoms with Crippen LogP contribution in [0, 0.1) is 6.92 Å². The molecule has 0 aliphatic carbocycles. The number of benzene rings is 1. The standard InChI is InChI=1S/C13H9BrN2O2S/c1-7-4-8(2-3-10(7)17)13-15-12(16-18-13)11-5-9(14)6-19-11/h2-6,17H,1H3. The Kier molecular flexibility index (Phi) is 3.12. The summed E-state index contributed by atoms with van der Waals surface area (Å²) in [6.45, 7) is 1.83. The molecule has 2 heterocycles.